The molecule has 4 nitrogen and oxygen atoms in total. The molecule has 1 rings (SSSR count). The highest BCUT2D eigenvalue weighted by molar-refractivity contribution is 5.86. The number of amides is 1. The molecule has 4 heteroatoms. The van der Waals surface area contributed by atoms with Crippen LogP contribution in [0.4, 0.5) is 0 Å². The number of hydrogen-bond acceptors (Lipinski definition) is 3. The van der Waals surface area contributed by atoms with Crippen LogP contribution in [0.3, 0.4) is 0 Å². The van der Waals surface area contributed by atoms with Gasteiger partial charge in [0.05, 0.1) is 12.1 Å². The van der Waals surface area contributed by atoms with Gasteiger partial charge in [0.2, 0.25) is 5.91 Å². The summed E-state index contributed by atoms with van der Waals surface area (Å²) in [5.41, 5.74) is 5.32. The highest BCUT2D eigenvalue weighted by Gasteiger charge is 2.35. The second-order valence-corrected chi connectivity index (χ2v) is 4.27. The van der Waals surface area contributed by atoms with Crippen LogP contribution in [0.1, 0.15) is 39.0 Å². The first-order chi connectivity index (χ1) is 6.58. The molecule has 0 radical (unpaired) electrons. The van der Waals surface area contributed by atoms with E-state index in [4.69, 9.17) is 10.8 Å². The van der Waals surface area contributed by atoms with Crippen molar-refractivity contribution >= 4 is 5.91 Å². The monoisotopic (exact) mass is 200 g/mol. The molecule has 0 spiro atoms. The van der Waals surface area contributed by atoms with E-state index in [0.29, 0.717) is 0 Å². The van der Waals surface area contributed by atoms with Crippen molar-refractivity contribution in [3.63, 3.8) is 0 Å². The van der Waals surface area contributed by atoms with Crippen molar-refractivity contribution < 1.29 is 9.90 Å². The summed E-state index contributed by atoms with van der Waals surface area (Å²) < 4.78 is 0. The molecule has 0 aromatic heterocycles. The van der Waals surface area contributed by atoms with Crippen molar-refractivity contribution in [1.82, 2.24) is 5.32 Å². The average Bonchev–Trinajstić information content (AvgIpc) is 2.18. The van der Waals surface area contributed by atoms with Crippen LogP contribution >= 0.6 is 0 Å². The Balaban J connectivity index is 2.49. The molecule has 0 heterocycles. The van der Waals surface area contributed by atoms with Crippen molar-refractivity contribution in [2.24, 2.45) is 5.73 Å². The lowest BCUT2D eigenvalue weighted by molar-refractivity contribution is -0.128. The first-order valence-electron chi connectivity index (χ1n) is 5.29. The van der Waals surface area contributed by atoms with E-state index in [1.807, 2.05) is 0 Å². The molecule has 0 aromatic carbocycles. The molecule has 0 bridgehead atoms. The van der Waals surface area contributed by atoms with Gasteiger partial charge in [-0.15, -0.1) is 0 Å². The van der Waals surface area contributed by atoms with Gasteiger partial charge < -0.3 is 16.2 Å². The van der Waals surface area contributed by atoms with E-state index in [-0.39, 0.29) is 18.6 Å². The summed E-state index contributed by atoms with van der Waals surface area (Å²) in [5.74, 6) is -0.112. The summed E-state index contributed by atoms with van der Waals surface area (Å²) in [7, 11) is 0. The quantitative estimate of drug-likeness (QED) is 0.607. The average molecular weight is 200 g/mol. The molecule has 1 saturated carbocycles. The number of hydrogen-bond donors (Lipinski definition) is 3. The highest BCUT2D eigenvalue weighted by atomic mass is 16.3. The zero-order valence-electron chi connectivity index (χ0n) is 8.75. The lowest BCUT2D eigenvalue weighted by atomic mass is 9.82. The number of carbonyl (C=O) groups excluding carboxylic acids is 1. The maximum absolute atomic E-state index is 11.7. The zero-order valence-corrected chi connectivity index (χ0v) is 8.75. The third-order valence-corrected chi connectivity index (χ3v) is 2.85. The van der Waals surface area contributed by atoms with Crippen LogP contribution in [0.2, 0.25) is 0 Å². The summed E-state index contributed by atoms with van der Waals surface area (Å²) in [6.07, 6.45) is 4.74. The van der Waals surface area contributed by atoms with Crippen LogP contribution in [0, 0.1) is 0 Å². The second kappa shape index (κ2) is 4.75. The predicted octanol–water partition coefficient (Wildman–Crippen LogP) is 0.145. The second-order valence-electron chi connectivity index (χ2n) is 4.27. The van der Waals surface area contributed by atoms with Gasteiger partial charge >= 0.3 is 0 Å². The smallest absolute Gasteiger partial charge is 0.240 e. The SMILES string of the molecule is C[C@@H](CO)NC(=O)C1(N)CCCCC1. The van der Waals surface area contributed by atoms with E-state index < -0.39 is 5.54 Å². The first-order valence-corrected chi connectivity index (χ1v) is 5.29. The Bertz CT molecular complexity index is 200. The summed E-state index contributed by atoms with van der Waals surface area (Å²) >= 11 is 0. The number of carbonyl (C=O) groups is 1. The molecular formula is C10H20N2O2. The molecule has 0 aromatic rings. The van der Waals surface area contributed by atoms with Crippen molar-refractivity contribution in [2.45, 2.75) is 50.6 Å². The topological polar surface area (TPSA) is 75.3 Å². The molecule has 1 aliphatic rings. The van der Waals surface area contributed by atoms with Crippen LogP contribution < -0.4 is 11.1 Å². The van der Waals surface area contributed by atoms with Gasteiger partial charge in [0.15, 0.2) is 0 Å². The normalized spacial score (nSPS) is 22.8. The maximum Gasteiger partial charge on any atom is 0.240 e. The summed E-state index contributed by atoms with van der Waals surface area (Å²) in [4.78, 5) is 11.7. The maximum atomic E-state index is 11.7. The minimum Gasteiger partial charge on any atom is -0.394 e. The molecule has 1 aliphatic carbocycles. The van der Waals surface area contributed by atoms with Gasteiger partial charge in [0, 0.05) is 6.04 Å². The molecule has 1 atom stereocenters. The Morgan fingerprint density at radius 2 is 2.07 bits per heavy atom. The Hall–Kier alpha value is -0.610. The van der Waals surface area contributed by atoms with Crippen molar-refractivity contribution in [3.05, 3.63) is 0 Å². The van der Waals surface area contributed by atoms with Gasteiger partial charge in [-0.2, -0.15) is 0 Å². The number of nitrogens with one attached hydrogen (secondary N) is 1. The Labute approximate surface area is 84.9 Å². The lowest BCUT2D eigenvalue weighted by Gasteiger charge is -2.32. The number of aliphatic hydroxyl groups is 1. The van der Waals surface area contributed by atoms with Gasteiger partial charge in [-0.05, 0) is 19.8 Å². The van der Waals surface area contributed by atoms with E-state index >= 15 is 0 Å². The Morgan fingerprint density at radius 3 is 2.57 bits per heavy atom. The minimum absolute atomic E-state index is 0.0399. The molecule has 4 N–H and O–H groups in total. The van der Waals surface area contributed by atoms with E-state index in [1.165, 1.54) is 6.42 Å². The lowest BCUT2D eigenvalue weighted by Crippen LogP contribution is -2.57. The molecule has 14 heavy (non-hydrogen) atoms. The van der Waals surface area contributed by atoms with Gasteiger partial charge in [-0.1, -0.05) is 19.3 Å². The van der Waals surface area contributed by atoms with E-state index in [2.05, 4.69) is 5.32 Å². The molecule has 82 valence electrons. The summed E-state index contributed by atoms with van der Waals surface area (Å²) in [6, 6.07) is -0.204. The third kappa shape index (κ3) is 2.69. The van der Waals surface area contributed by atoms with Crippen molar-refractivity contribution in [3.8, 4) is 0 Å². The van der Waals surface area contributed by atoms with Gasteiger partial charge in [-0.3, -0.25) is 4.79 Å². The predicted molar refractivity (Wildman–Crippen MR) is 54.7 cm³/mol. The van der Waals surface area contributed by atoms with E-state index in [9.17, 15) is 4.79 Å². The summed E-state index contributed by atoms with van der Waals surface area (Å²) in [6.45, 7) is 1.73. The third-order valence-electron chi connectivity index (χ3n) is 2.85. The van der Waals surface area contributed by atoms with Crippen molar-refractivity contribution in [2.75, 3.05) is 6.61 Å². The van der Waals surface area contributed by atoms with Crippen LogP contribution in [-0.2, 0) is 4.79 Å². The standard InChI is InChI=1S/C10H20N2O2/c1-8(7-13)12-9(14)10(11)5-3-2-4-6-10/h8,13H,2-7,11H2,1H3,(H,12,14)/t8-/m0/s1. The Morgan fingerprint density at radius 1 is 1.50 bits per heavy atom. The molecule has 0 saturated heterocycles. The largest absolute Gasteiger partial charge is 0.394 e. The van der Waals surface area contributed by atoms with Crippen LogP contribution in [-0.4, -0.2) is 29.2 Å². The molecule has 1 amide bonds. The Kier molecular flexibility index (Phi) is 3.89. The van der Waals surface area contributed by atoms with Gasteiger partial charge in [0.25, 0.3) is 0 Å². The van der Waals surface area contributed by atoms with Crippen molar-refractivity contribution in [1.29, 1.82) is 0 Å². The fourth-order valence-corrected chi connectivity index (χ4v) is 1.82. The number of nitrogens with two attached hydrogens (primary N) is 1. The fourth-order valence-electron chi connectivity index (χ4n) is 1.82. The molecule has 0 aliphatic heterocycles. The minimum atomic E-state index is -0.693. The fraction of sp³-hybridized carbons (Fsp3) is 0.900. The molecular weight excluding hydrogens is 180 g/mol. The molecule has 0 unspecified atom stereocenters. The van der Waals surface area contributed by atoms with E-state index in [0.717, 1.165) is 25.7 Å². The van der Waals surface area contributed by atoms with Crippen LogP contribution in [0.5, 0.6) is 0 Å². The number of aliphatic hydroxyl groups excluding tert-OH is 1. The van der Waals surface area contributed by atoms with Crippen LogP contribution in [0.15, 0.2) is 0 Å². The van der Waals surface area contributed by atoms with Crippen LogP contribution in [0.25, 0.3) is 0 Å². The van der Waals surface area contributed by atoms with Gasteiger partial charge in [-0.25, -0.2) is 0 Å². The highest BCUT2D eigenvalue weighted by Crippen LogP contribution is 2.25. The van der Waals surface area contributed by atoms with E-state index in [1.54, 1.807) is 6.92 Å². The number of rotatable bonds is 3. The zero-order chi connectivity index (χ0) is 10.6. The first kappa shape index (κ1) is 11.5. The van der Waals surface area contributed by atoms with Gasteiger partial charge in [0.1, 0.15) is 0 Å². The molecule has 1 fully saturated rings. The summed E-state index contributed by atoms with van der Waals surface area (Å²) in [5, 5.41) is 11.5.